The summed E-state index contributed by atoms with van der Waals surface area (Å²) in [5.74, 6) is 0.224. The summed E-state index contributed by atoms with van der Waals surface area (Å²) >= 11 is 0. The fraction of sp³-hybridized carbons (Fsp3) is 0.611. The Labute approximate surface area is 145 Å². The molecule has 0 unspecified atom stereocenters. The molecule has 6 nitrogen and oxygen atoms in total. The molecule has 0 radical (unpaired) electrons. The van der Waals surface area contributed by atoms with Gasteiger partial charge in [0.15, 0.2) is 0 Å². The number of nitrogens with one attached hydrogen (secondary N) is 1. The van der Waals surface area contributed by atoms with E-state index in [-0.39, 0.29) is 11.8 Å². The Hall–Kier alpha value is -1.79. The molecule has 1 aliphatic heterocycles. The molecule has 1 aromatic rings. The molecular formula is C18H30N4O2. The molecule has 24 heavy (non-hydrogen) atoms. The minimum Gasteiger partial charge on any atom is -0.508 e. The van der Waals surface area contributed by atoms with E-state index in [2.05, 4.69) is 29.0 Å². The van der Waals surface area contributed by atoms with Gasteiger partial charge in [0.1, 0.15) is 5.75 Å². The first-order valence-electron chi connectivity index (χ1n) is 8.69. The van der Waals surface area contributed by atoms with E-state index >= 15 is 0 Å². The minimum atomic E-state index is -0.0841. The Morgan fingerprint density at radius 3 is 2.62 bits per heavy atom. The van der Waals surface area contributed by atoms with Gasteiger partial charge in [0.05, 0.1) is 0 Å². The topological polar surface area (TPSA) is 59.0 Å². The number of hydrogen-bond acceptors (Lipinski definition) is 4. The van der Waals surface area contributed by atoms with Crippen molar-refractivity contribution in [1.29, 1.82) is 0 Å². The van der Waals surface area contributed by atoms with Crippen molar-refractivity contribution in [2.45, 2.75) is 26.4 Å². The normalized spacial score (nSPS) is 16.3. The Kier molecular flexibility index (Phi) is 6.87. The maximum absolute atomic E-state index is 12.1. The van der Waals surface area contributed by atoms with Crippen molar-refractivity contribution < 1.29 is 9.90 Å². The van der Waals surface area contributed by atoms with E-state index in [1.54, 1.807) is 30.1 Å². The van der Waals surface area contributed by atoms with Crippen LogP contribution in [0, 0.1) is 0 Å². The fourth-order valence-electron chi connectivity index (χ4n) is 2.96. The number of hydrogen-bond donors (Lipinski definition) is 2. The van der Waals surface area contributed by atoms with Gasteiger partial charge in [0, 0.05) is 58.9 Å². The molecule has 0 bridgehead atoms. The van der Waals surface area contributed by atoms with E-state index in [9.17, 15) is 9.90 Å². The summed E-state index contributed by atoms with van der Waals surface area (Å²) in [6, 6.07) is 7.52. The van der Waals surface area contributed by atoms with Gasteiger partial charge in [-0.15, -0.1) is 0 Å². The highest BCUT2D eigenvalue weighted by atomic mass is 16.3. The van der Waals surface area contributed by atoms with Crippen molar-refractivity contribution in [1.82, 2.24) is 20.0 Å². The summed E-state index contributed by atoms with van der Waals surface area (Å²) in [6.45, 7) is 10.8. The predicted molar refractivity (Wildman–Crippen MR) is 96.1 cm³/mol. The lowest BCUT2D eigenvalue weighted by molar-refractivity contribution is 0.109. The summed E-state index contributed by atoms with van der Waals surface area (Å²) < 4.78 is 0. The zero-order valence-corrected chi connectivity index (χ0v) is 15.0. The Bertz CT molecular complexity index is 528. The highest BCUT2D eigenvalue weighted by Gasteiger charge is 2.18. The average molecular weight is 334 g/mol. The third-order valence-corrected chi connectivity index (χ3v) is 4.52. The number of rotatable bonds is 6. The fourth-order valence-corrected chi connectivity index (χ4v) is 2.96. The van der Waals surface area contributed by atoms with Crippen LogP contribution in [0.2, 0.25) is 0 Å². The molecule has 0 atom stereocenters. The Balaban J connectivity index is 1.66. The van der Waals surface area contributed by atoms with Crippen LogP contribution in [0.15, 0.2) is 24.3 Å². The number of urea groups is 1. The van der Waals surface area contributed by atoms with E-state index in [1.165, 1.54) is 0 Å². The number of aromatic hydroxyl groups is 1. The summed E-state index contributed by atoms with van der Waals surface area (Å²) in [7, 11) is 1.76. The van der Waals surface area contributed by atoms with Crippen molar-refractivity contribution in [2.24, 2.45) is 0 Å². The van der Waals surface area contributed by atoms with Crippen LogP contribution in [0.4, 0.5) is 4.79 Å². The SMILES string of the molecule is CC(C)N1CCN(CCNC(=O)N(C)Cc2cccc(O)c2)CC1. The molecular weight excluding hydrogens is 304 g/mol. The van der Waals surface area contributed by atoms with Crippen LogP contribution in [-0.2, 0) is 6.54 Å². The molecule has 134 valence electrons. The molecule has 2 N–H and O–H groups in total. The van der Waals surface area contributed by atoms with E-state index in [4.69, 9.17) is 0 Å². The summed E-state index contributed by atoms with van der Waals surface area (Å²) in [5, 5.41) is 12.4. The van der Waals surface area contributed by atoms with Gasteiger partial charge in [-0.2, -0.15) is 0 Å². The molecule has 0 aliphatic carbocycles. The number of carbonyl (C=O) groups is 1. The molecule has 1 fully saturated rings. The van der Waals surface area contributed by atoms with Gasteiger partial charge < -0.3 is 15.3 Å². The molecule has 2 rings (SSSR count). The third kappa shape index (κ3) is 5.69. The van der Waals surface area contributed by atoms with Gasteiger partial charge in [-0.1, -0.05) is 12.1 Å². The average Bonchev–Trinajstić information content (AvgIpc) is 2.55. The second kappa shape index (κ2) is 8.89. The summed E-state index contributed by atoms with van der Waals surface area (Å²) in [6.07, 6.45) is 0. The number of amides is 2. The van der Waals surface area contributed by atoms with Gasteiger partial charge in [-0.05, 0) is 31.5 Å². The lowest BCUT2D eigenvalue weighted by Gasteiger charge is -2.36. The number of phenolic OH excluding ortho intramolecular Hbond substituents is 1. The van der Waals surface area contributed by atoms with Crippen molar-refractivity contribution in [2.75, 3.05) is 46.3 Å². The molecule has 6 heteroatoms. The van der Waals surface area contributed by atoms with E-state index in [1.807, 2.05) is 6.07 Å². The lowest BCUT2D eigenvalue weighted by Crippen LogP contribution is -2.50. The van der Waals surface area contributed by atoms with Crippen LogP contribution in [0.5, 0.6) is 5.75 Å². The Morgan fingerprint density at radius 1 is 1.29 bits per heavy atom. The monoisotopic (exact) mass is 334 g/mol. The first-order valence-corrected chi connectivity index (χ1v) is 8.69. The molecule has 1 saturated heterocycles. The molecule has 0 aromatic heterocycles. The van der Waals surface area contributed by atoms with Crippen LogP contribution in [-0.4, -0.2) is 78.2 Å². The van der Waals surface area contributed by atoms with Gasteiger partial charge in [-0.3, -0.25) is 9.80 Å². The highest BCUT2D eigenvalue weighted by molar-refractivity contribution is 5.73. The first kappa shape index (κ1) is 18.5. The zero-order chi connectivity index (χ0) is 17.5. The lowest BCUT2D eigenvalue weighted by atomic mass is 10.2. The largest absolute Gasteiger partial charge is 0.508 e. The van der Waals surface area contributed by atoms with Crippen molar-refractivity contribution in [3.05, 3.63) is 29.8 Å². The predicted octanol–water partition coefficient (Wildman–Crippen LogP) is 1.56. The Morgan fingerprint density at radius 2 is 2.00 bits per heavy atom. The smallest absolute Gasteiger partial charge is 0.317 e. The quantitative estimate of drug-likeness (QED) is 0.829. The zero-order valence-electron chi connectivity index (χ0n) is 15.0. The van der Waals surface area contributed by atoms with Crippen molar-refractivity contribution >= 4 is 6.03 Å². The van der Waals surface area contributed by atoms with Crippen LogP contribution in [0.3, 0.4) is 0 Å². The molecule has 0 saturated carbocycles. The summed E-state index contributed by atoms with van der Waals surface area (Å²) in [5.41, 5.74) is 0.914. The first-order chi connectivity index (χ1) is 11.5. The number of piperazine rings is 1. The van der Waals surface area contributed by atoms with Crippen molar-refractivity contribution in [3.8, 4) is 5.75 Å². The molecule has 1 aromatic carbocycles. The maximum Gasteiger partial charge on any atom is 0.317 e. The highest BCUT2D eigenvalue weighted by Crippen LogP contribution is 2.12. The van der Waals surface area contributed by atoms with Crippen LogP contribution in [0.25, 0.3) is 0 Å². The van der Waals surface area contributed by atoms with Gasteiger partial charge >= 0.3 is 6.03 Å². The van der Waals surface area contributed by atoms with E-state index in [0.29, 0.717) is 19.1 Å². The molecule has 2 amide bonds. The number of nitrogens with zero attached hydrogens (tertiary/aromatic N) is 3. The molecule has 1 heterocycles. The number of benzene rings is 1. The maximum atomic E-state index is 12.1. The molecule has 0 spiro atoms. The molecule has 1 aliphatic rings. The van der Waals surface area contributed by atoms with Crippen LogP contribution >= 0.6 is 0 Å². The second-order valence-electron chi connectivity index (χ2n) is 6.73. The summed E-state index contributed by atoms with van der Waals surface area (Å²) in [4.78, 5) is 18.7. The van der Waals surface area contributed by atoms with Crippen LogP contribution < -0.4 is 5.32 Å². The van der Waals surface area contributed by atoms with Gasteiger partial charge in [-0.25, -0.2) is 4.79 Å². The number of phenols is 1. The minimum absolute atomic E-state index is 0.0841. The van der Waals surface area contributed by atoms with Gasteiger partial charge in [0.25, 0.3) is 0 Å². The van der Waals surface area contributed by atoms with E-state index in [0.717, 1.165) is 38.3 Å². The standard InChI is InChI=1S/C18H30N4O2/c1-15(2)22-11-9-21(10-12-22)8-7-19-18(24)20(3)14-16-5-4-6-17(23)13-16/h4-6,13,15,23H,7-12,14H2,1-3H3,(H,19,24). The van der Waals surface area contributed by atoms with Gasteiger partial charge in [0.2, 0.25) is 0 Å². The number of carbonyl (C=O) groups excluding carboxylic acids is 1. The van der Waals surface area contributed by atoms with Crippen LogP contribution in [0.1, 0.15) is 19.4 Å². The van der Waals surface area contributed by atoms with E-state index < -0.39 is 0 Å². The van der Waals surface area contributed by atoms with Crippen molar-refractivity contribution in [3.63, 3.8) is 0 Å². The third-order valence-electron chi connectivity index (χ3n) is 4.52. The second-order valence-corrected chi connectivity index (χ2v) is 6.73.